The Morgan fingerprint density at radius 3 is 2.46 bits per heavy atom. The Hall–Kier alpha value is -3.28. The van der Waals surface area contributed by atoms with E-state index in [1.807, 2.05) is 24.5 Å². The molecule has 2 N–H and O–H groups in total. The first kappa shape index (κ1) is 19.5. The van der Waals surface area contributed by atoms with E-state index >= 15 is 0 Å². The van der Waals surface area contributed by atoms with E-state index in [4.69, 9.17) is 4.74 Å². The van der Waals surface area contributed by atoms with Gasteiger partial charge in [0.15, 0.2) is 0 Å². The average molecular weight is 381 g/mol. The summed E-state index contributed by atoms with van der Waals surface area (Å²) in [6, 6.07) is 11.6. The number of esters is 1. The highest BCUT2D eigenvalue weighted by molar-refractivity contribution is 6.08. The molecule has 1 unspecified atom stereocenters. The minimum Gasteiger partial charge on any atom is -0.508 e. The predicted molar refractivity (Wildman–Crippen MR) is 106 cm³/mol. The molecule has 6 nitrogen and oxygen atoms in total. The zero-order chi connectivity index (χ0) is 20.4. The first-order valence-electron chi connectivity index (χ1n) is 9.21. The fraction of sp³-hybridized carbons (Fsp3) is 0.273. The second-order valence-electron chi connectivity index (χ2n) is 6.53. The van der Waals surface area contributed by atoms with Gasteiger partial charge in [-0.15, -0.1) is 0 Å². The monoisotopic (exact) mass is 381 g/mol. The number of aromatic nitrogens is 1. The highest BCUT2D eigenvalue weighted by Gasteiger charge is 2.30. The number of hydrogen-bond donors (Lipinski definition) is 2. The zero-order valence-electron chi connectivity index (χ0n) is 16.1. The Labute approximate surface area is 163 Å². The maximum Gasteiger partial charge on any atom is 0.340 e. The third-order valence-corrected chi connectivity index (χ3v) is 4.94. The molecule has 0 spiro atoms. The van der Waals surface area contributed by atoms with Crippen LogP contribution in [0.2, 0.25) is 0 Å². The van der Waals surface area contributed by atoms with Gasteiger partial charge in [0, 0.05) is 23.1 Å². The van der Waals surface area contributed by atoms with Crippen LogP contribution < -0.4 is 0 Å². The van der Waals surface area contributed by atoms with Crippen molar-refractivity contribution >= 4 is 22.8 Å². The largest absolute Gasteiger partial charge is 0.508 e. The van der Waals surface area contributed by atoms with Crippen LogP contribution in [-0.2, 0) is 16.1 Å². The van der Waals surface area contributed by atoms with E-state index in [-0.39, 0.29) is 12.4 Å². The Balaban J connectivity index is 2.37. The molecular formula is C22H23NO5. The second-order valence-corrected chi connectivity index (χ2v) is 6.53. The number of carboxylic acid groups (broad SMARTS) is 1. The predicted octanol–water partition coefficient (Wildman–Crippen LogP) is 4.07. The molecule has 0 radical (unpaired) electrons. The molecule has 0 aliphatic rings. The number of hydrogen-bond acceptors (Lipinski definition) is 4. The van der Waals surface area contributed by atoms with Crippen molar-refractivity contribution in [2.75, 3.05) is 6.61 Å². The van der Waals surface area contributed by atoms with Crippen LogP contribution in [0.4, 0.5) is 0 Å². The van der Waals surface area contributed by atoms with E-state index < -0.39 is 17.9 Å². The molecule has 1 atom stereocenters. The number of aliphatic carboxylic acids is 1. The van der Waals surface area contributed by atoms with Crippen LogP contribution in [0, 0.1) is 6.92 Å². The van der Waals surface area contributed by atoms with Crippen LogP contribution in [-0.4, -0.2) is 33.3 Å². The molecule has 0 aliphatic carbocycles. The van der Waals surface area contributed by atoms with Crippen molar-refractivity contribution in [3.8, 4) is 5.75 Å². The van der Waals surface area contributed by atoms with Gasteiger partial charge < -0.3 is 19.5 Å². The van der Waals surface area contributed by atoms with Crippen molar-refractivity contribution in [3.63, 3.8) is 0 Å². The lowest BCUT2D eigenvalue weighted by Crippen LogP contribution is -2.14. The molecule has 1 heterocycles. The summed E-state index contributed by atoms with van der Waals surface area (Å²) in [5.41, 5.74) is 2.85. The summed E-state index contributed by atoms with van der Waals surface area (Å²) < 4.78 is 7.23. The van der Waals surface area contributed by atoms with Crippen LogP contribution in [0.25, 0.3) is 10.9 Å². The highest BCUT2D eigenvalue weighted by Crippen LogP contribution is 2.37. The molecule has 3 rings (SSSR count). The van der Waals surface area contributed by atoms with Crippen molar-refractivity contribution in [1.82, 2.24) is 4.57 Å². The van der Waals surface area contributed by atoms with E-state index in [0.717, 1.165) is 11.2 Å². The number of aromatic hydroxyl groups is 1. The smallest absolute Gasteiger partial charge is 0.340 e. The van der Waals surface area contributed by atoms with Crippen molar-refractivity contribution in [3.05, 3.63) is 64.8 Å². The third-order valence-electron chi connectivity index (χ3n) is 4.94. The molecule has 0 saturated heterocycles. The molecule has 0 aliphatic heterocycles. The Kier molecular flexibility index (Phi) is 5.40. The van der Waals surface area contributed by atoms with Crippen LogP contribution in [0.1, 0.15) is 46.9 Å². The topological polar surface area (TPSA) is 88.8 Å². The number of ether oxygens (including phenoxy) is 1. The first-order chi connectivity index (χ1) is 13.4. The van der Waals surface area contributed by atoms with Gasteiger partial charge in [-0.3, -0.25) is 4.79 Å². The molecule has 3 aromatic rings. The van der Waals surface area contributed by atoms with Crippen LogP contribution >= 0.6 is 0 Å². The number of aryl methyl sites for hydroxylation is 1. The fourth-order valence-corrected chi connectivity index (χ4v) is 3.81. The fourth-order valence-electron chi connectivity index (χ4n) is 3.81. The number of carboxylic acids is 1. The van der Waals surface area contributed by atoms with Gasteiger partial charge in [-0.05, 0) is 50.1 Å². The quantitative estimate of drug-likeness (QED) is 0.629. The summed E-state index contributed by atoms with van der Waals surface area (Å²) in [7, 11) is 0. The summed E-state index contributed by atoms with van der Waals surface area (Å²) in [6.45, 7) is 6.41. The van der Waals surface area contributed by atoms with Gasteiger partial charge in [0.05, 0.1) is 12.2 Å². The summed E-state index contributed by atoms with van der Waals surface area (Å²) in [5.74, 6) is -2.57. The van der Waals surface area contributed by atoms with Crippen molar-refractivity contribution in [1.29, 1.82) is 0 Å². The van der Waals surface area contributed by atoms with Crippen LogP contribution in [0.15, 0.2) is 42.5 Å². The lowest BCUT2D eigenvalue weighted by Gasteiger charge is -2.16. The minimum atomic E-state index is -1.06. The molecule has 0 fully saturated rings. The zero-order valence-corrected chi connectivity index (χ0v) is 16.1. The summed E-state index contributed by atoms with van der Waals surface area (Å²) in [5, 5.41) is 20.4. The highest BCUT2D eigenvalue weighted by atomic mass is 16.5. The van der Waals surface area contributed by atoms with Gasteiger partial charge in [-0.2, -0.15) is 0 Å². The van der Waals surface area contributed by atoms with Gasteiger partial charge in [0.2, 0.25) is 0 Å². The average Bonchev–Trinajstić information content (AvgIpc) is 2.94. The van der Waals surface area contributed by atoms with Gasteiger partial charge in [0.25, 0.3) is 0 Å². The van der Waals surface area contributed by atoms with E-state index in [2.05, 4.69) is 0 Å². The number of carbonyl (C=O) groups excluding carboxylic acids is 1. The van der Waals surface area contributed by atoms with Gasteiger partial charge in [-0.25, -0.2) is 4.79 Å². The standard InChI is InChI=1S/C22H23NO5/c1-4-23-13(3)18(22(27)28-5-2)20-16(10-7-11-17(20)23)19(21(25)26)14-8-6-9-15(24)12-14/h6-12,19,24H,4-5H2,1-3H3,(H,25,26). The Bertz CT molecular complexity index is 1050. The van der Waals surface area contributed by atoms with Gasteiger partial charge in [-0.1, -0.05) is 24.3 Å². The van der Waals surface area contributed by atoms with E-state index in [0.29, 0.717) is 28.6 Å². The van der Waals surface area contributed by atoms with Crippen LogP contribution in [0.3, 0.4) is 0 Å². The Morgan fingerprint density at radius 1 is 1.14 bits per heavy atom. The summed E-state index contributed by atoms with van der Waals surface area (Å²) in [6.07, 6.45) is 0. The molecule has 1 aromatic heterocycles. The molecule has 0 amide bonds. The normalized spacial score (nSPS) is 12.1. The van der Waals surface area contributed by atoms with E-state index in [9.17, 15) is 19.8 Å². The molecule has 146 valence electrons. The number of carbonyl (C=O) groups is 2. The SMILES string of the molecule is CCOC(=O)c1c(C)n(CC)c2cccc(C(C(=O)O)c3cccc(O)c3)c12. The van der Waals surface area contributed by atoms with Crippen molar-refractivity contribution in [2.45, 2.75) is 33.2 Å². The number of fused-ring (bicyclic) bond motifs is 1. The minimum absolute atomic E-state index is 0.0103. The summed E-state index contributed by atoms with van der Waals surface area (Å²) in [4.78, 5) is 24.9. The van der Waals surface area contributed by atoms with Crippen molar-refractivity contribution in [2.24, 2.45) is 0 Å². The Morgan fingerprint density at radius 2 is 1.86 bits per heavy atom. The number of rotatable bonds is 6. The molecule has 28 heavy (non-hydrogen) atoms. The molecule has 2 aromatic carbocycles. The van der Waals surface area contributed by atoms with Gasteiger partial charge >= 0.3 is 11.9 Å². The lowest BCUT2D eigenvalue weighted by molar-refractivity contribution is -0.137. The maximum atomic E-state index is 12.7. The number of phenolic OH excluding ortho intramolecular Hbond substituents is 1. The summed E-state index contributed by atoms with van der Waals surface area (Å²) >= 11 is 0. The number of benzene rings is 2. The number of nitrogens with zero attached hydrogens (tertiary/aromatic N) is 1. The van der Waals surface area contributed by atoms with E-state index in [1.54, 1.807) is 31.2 Å². The lowest BCUT2D eigenvalue weighted by atomic mass is 9.88. The van der Waals surface area contributed by atoms with Crippen molar-refractivity contribution < 1.29 is 24.5 Å². The van der Waals surface area contributed by atoms with E-state index in [1.165, 1.54) is 12.1 Å². The number of phenols is 1. The molecule has 0 bridgehead atoms. The molecule has 0 saturated carbocycles. The second kappa shape index (κ2) is 7.76. The van der Waals surface area contributed by atoms with Gasteiger partial charge in [0.1, 0.15) is 11.7 Å². The molecular weight excluding hydrogens is 358 g/mol. The molecule has 6 heteroatoms. The first-order valence-corrected chi connectivity index (χ1v) is 9.21. The third kappa shape index (κ3) is 3.22. The van der Waals surface area contributed by atoms with Crippen LogP contribution in [0.5, 0.6) is 5.75 Å². The maximum absolute atomic E-state index is 12.7.